The molecule has 0 saturated carbocycles. The van der Waals surface area contributed by atoms with Crippen LogP contribution in [0.2, 0.25) is 0 Å². The molecule has 0 aliphatic carbocycles. The van der Waals surface area contributed by atoms with E-state index in [2.05, 4.69) is 16.9 Å². The molecule has 19 heavy (non-hydrogen) atoms. The first-order valence-electron chi connectivity index (χ1n) is 6.81. The predicted octanol–water partition coefficient (Wildman–Crippen LogP) is 1.70. The Balaban J connectivity index is 1.64. The van der Waals surface area contributed by atoms with Gasteiger partial charge in [-0.3, -0.25) is 9.69 Å². The maximum Gasteiger partial charge on any atom is 0.270 e. The monoisotopic (exact) mass is 255 g/mol. The second-order valence-corrected chi connectivity index (χ2v) is 5.71. The molecule has 4 rings (SSSR count). The van der Waals surface area contributed by atoms with Crippen LogP contribution in [0.4, 0.5) is 0 Å². The normalized spacial score (nSPS) is 26.5. The summed E-state index contributed by atoms with van der Waals surface area (Å²) in [6.45, 7) is 1.88. The van der Waals surface area contributed by atoms with Gasteiger partial charge in [-0.05, 0) is 25.6 Å². The van der Waals surface area contributed by atoms with Crippen LogP contribution in [0, 0.1) is 0 Å². The summed E-state index contributed by atoms with van der Waals surface area (Å²) in [7, 11) is 2.15. The number of aromatic nitrogens is 1. The molecule has 1 aromatic heterocycles. The lowest BCUT2D eigenvalue weighted by atomic mass is 10.2. The van der Waals surface area contributed by atoms with Gasteiger partial charge < -0.3 is 9.88 Å². The number of fused-ring (bicyclic) bond motifs is 3. The average Bonchev–Trinajstić information content (AvgIpc) is 3.09. The molecule has 2 fully saturated rings. The molecule has 2 atom stereocenters. The Labute approximate surface area is 112 Å². The van der Waals surface area contributed by atoms with E-state index in [0.717, 1.165) is 36.1 Å². The van der Waals surface area contributed by atoms with E-state index in [9.17, 15) is 4.79 Å². The third-order valence-electron chi connectivity index (χ3n) is 4.54. The molecule has 2 bridgehead atoms. The molecular weight excluding hydrogens is 238 g/mol. The molecular formula is C15H17N3O. The topological polar surface area (TPSA) is 39.3 Å². The first-order valence-corrected chi connectivity index (χ1v) is 6.81. The number of nitrogens with one attached hydrogen (secondary N) is 1. The van der Waals surface area contributed by atoms with E-state index in [1.807, 2.05) is 35.2 Å². The molecule has 0 unspecified atom stereocenters. The van der Waals surface area contributed by atoms with Crippen molar-refractivity contribution in [1.29, 1.82) is 0 Å². The Morgan fingerprint density at radius 1 is 1.26 bits per heavy atom. The first-order chi connectivity index (χ1) is 9.22. The van der Waals surface area contributed by atoms with Gasteiger partial charge in [-0.2, -0.15) is 0 Å². The number of benzene rings is 1. The molecule has 4 heteroatoms. The lowest BCUT2D eigenvalue weighted by Crippen LogP contribution is -2.47. The van der Waals surface area contributed by atoms with E-state index in [1.54, 1.807) is 0 Å². The fraction of sp³-hybridized carbons (Fsp3) is 0.400. The van der Waals surface area contributed by atoms with Gasteiger partial charge in [-0.1, -0.05) is 18.2 Å². The zero-order valence-electron chi connectivity index (χ0n) is 11.0. The van der Waals surface area contributed by atoms with Crippen molar-refractivity contribution in [3.8, 4) is 0 Å². The second-order valence-electron chi connectivity index (χ2n) is 5.71. The van der Waals surface area contributed by atoms with Crippen molar-refractivity contribution in [3.63, 3.8) is 0 Å². The van der Waals surface area contributed by atoms with Crippen LogP contribution >= 0.6 is 0 Å². The van der Waals surface area contributed by atoms with Gasteiger partial charge in [0.1, 0.15) is 5.69 Å². The summed E-state index contributed by atoms with van der Waals surface area (Å²) in [5.74, 6) is 0.150. The quantitative estimate of drug-likeness (QED) is 0.842. The maximum atomic E-state index is 12.6. The summed E-state index contributed by atoms with van der Waals surface area (Å²) in [4.78, 5) is 20.2. The lowest BCUT2D eigenvalue weighted by Gasteiger charge is -2.31. The van der Waals surface area contributed by atoms with Crippen molar-refractivity contribution >= 4 is 16.8 Å². The fourth-order valence-corrected chi connectivity index (χ4v) is 3.46. The number of para-hydroxylation sites is 1. The van der Waals surface area contributed by atoms with Crippen molar-refractivity contribution in [2.24, 2.45) is 0 Å². The number of H-pyrrole nitrogens is 1. The number of nitrogens with zero attached hydrogens (tertiary/aromatic N) is 2. The zero-order valence-corrected chi connectivity index (χ0v) is 11.0. The SMILES string of the molecule is CN1C[C@@H]2C[C@H]1CN2C(=O)c1cc2ccccc2[nH]1. The summed E-state index contributed by atoms with van der Waals surface area (Å²) in [6.07, 6.45) is 1.13. The molecule has 2 aliphatic rings. The van der Waals surface area contributed by atoms with Crippen molar-refractivity contribution in [1.82, 2.24) is 14.8 Å². The molecule has 2 aliphatic heterocycles. The number of hydrogen-bond acceptors (Lipinski definition) is 2. The third-order valence-corrected chi connectivity index (χ3v) is 4.54. The molecule has 0 spiro atoms. The lowest BCUT2D eigenvalue weighted by molar-refractivity contribution is 0.0645. The molecule has 1 aromatic carbocycles. The Morgan fingerprint density at radius 2 is 2.11 bits per heavy atom. The smallest absolute Gasteiger partial charge is 0.270 e. The highest BCUT2D eigenvalue weighted by Crippen LogP contribution is 2.30. The molecule has 2 aromatic rings. The summed E-state index contributed by atoms with van der Waals surface area (Å²) in [5, 5.41) is 1.10. The number of piperazine rings is 1. The van der Waals surface area contributed by atoms with Crippen LogP contribution in [0.1, 0.15) is 16.9 Å². The number of amides is 1. The minimum absolute atomic E-state index is 0.150. The van der Waals surface area contributed by atoms with Crippen molar-refractivity contribution < 1.29 is 4.79 Å². The molecule has 2 saturated heterocycles. The van der Waals surface area contributed by atoms with Gasteiger partial charge in [0.25, 0.3) is 5.91 Å². The molecule has 98 valence electrons. The molecule has 3 heterocycles. The Morgan fingerprint density at radius 3 is 2.79 bits per heavy atom. The van der Waals surface area contributed by atoms with Gasteiger partial charge in [0.2, 0.25) is 0 Å². The van der Waals surface area contributed by atoms with E-state index >= 15 is 0 Å². The number of carbonyl (C=O) groups excluding carboxylic acids is 1. The minimum atomic E-state index is 0.150. The summed E-state index contributed by atoms with van der Waals surface area (Å²) >= 11 is 0. The number of carbonyl (C=O) groups is 1. The van der Waals surface area contributed by atoms with Gasteiger partial charge in [0, 0.05) is 36.1 Å². The Bertz CT molecular complexity index is 613. The van der Waals surface area contributed by atoms with E-state index in [1.165, 1.54) is 0 Å². The van der Waals surface area contributed by atoms with E-state index < -0.39 is 0 Å². The highest BCUT2D eigenvalue weighted by Gasteiger charge is 2.43. The van der Waals surface area contributed by atoms with Crippen molar-refractivity contribution in [2.75, 3.05) is 20.1 Å². The van der Waals surface area contributed by atoms with E-state index in [4.69, 9.17) is 0 Å². The number of aromatic amines is 1. The molecule has 4 nitrogen and oxygen atoms in total. The number of likely N-dealkylation sites (N-methyl/N-ethyl adjacent to an activating group) is 1. The molecule has 1 amide bonds. The summed E-state index contributed by atoms with van der Waals surface area (Å²) in [5.41, 5.74) is 1.75. The van der Waals surface area contributed by atoms with Gasteiger partial charge in [-0.25, -0.2) is 0 Å². The number of rotatable bonds is 1. The minimum Gasteiger partial charge on any atom is -0.351 e. The molecule has 0 radical (unpaired) electrons. The fourth-order valence-electron chi connectivity index (χ4n) is 3.46. The predicted molar refractivity (Wildman–Crippen MR) is 74.2 cm³/mol. The zero-order chi connectivity index (χ0) is 13.0. The van der Waals surface area contributed by atoms with Crippen LogP contribution in [0.5, 0.6) is 0 Å². The van der Waals surface area contributed by atoms with Crippen LogP contribution in [0.15, 0.2) is 30.3 Å². The van der Waals surface area contributed by atoms with Crippen molar-refractivity contribution in [2.45, 2.75) is 18.5 Å². The highest BCUT2D eigenvalue weighted by atomic mass is 16.2. The standard InChI is InChI=1S/C15H17N3O/c1-17-8-12-7-11(17)9-18(12)15(19)14-6-10-4-2-3-5-13(10)16-14/h2-6,11-12,16H,7-9H2,1H3/t11-,12-/m0/s1. The van der Waals surface area contributed by atoms with Crippen LogP contribution in [-0.2, 0) is 0 Å². The van der Waals surface area contributed by atoms with Gasteiger partial charge >= 0.3 is 0 Å². The van der Waals surface area contributed by atoms with Crippen LogP contribution in [-0.4, -0.2) is 52.9 Å². The maximum absolute atomic E-state index is 12.6. The van der Waals surface area contributed by atoms with E-state index in [-0.39, 0.29) is 5.91 Å². The Hall–Kier alpha value is -1.81. The highest BCUT2D eigenvalue weighted by molar-refractivity contribution is 5.98. The molecule has 1 N–H and O–H groups in total. The van der Waals surface area contributed by atoms with Crippen LogP contribution in [0.25, 0.3) is 10.9 Å². The largest absolute Gasteiger partial charge is 0.351 e. The van der Waals surface area contributed by atoms with E-state index in [0.29, 0.717) is 12.1 Å². The van der Waals surface area contributed by atoms with Crippen molar-refractivity contribution in [3.05, 3.63) is 36.0 Å². The number of likely N-dealkylation sites (tertiary alicyclic amines) is 2. The first kappa shape index (κ1) is 11.1. The second kappa shape index (κ2) is 3.84. The summed E-state index contributed by atoms with van der Waals surface area (Å²) < 4.78 is 0. The number of hydrogen-bond donors (Lipinski definition) is 1. The van der Waals surface area contributed by atoms with Gasteiger partial charge in [0.15, 0.2) is 0 Å². The Kier molecular flexibility index (Phi) is 2.23. The van der Waals surface area contributed by atoms with Crippen LogP contribution in [0.3, 0.4) is 0 Å². The van der Waals surface area contributed by atoms with Crippen LogP contribution < -0.4 is 0 Å². The van der Waals surface area contributed by atoms with Gasteiger partial charge in [-0.15, -0.1) is 0 Å². The third kappa shape index (κ3) is 1.60. The van der Waals surface area contributed by atoms with Gasteiger partial charge in [0.05, 0.1) is 0 Å². The average molecular weight is 255 g/mol. The summed E-state index contributed by atoms with van der Waals surface area (Å²) in [6, 6.07) is 10.9.